The molecule has 0 atom stereocenters. The molecule has 0 radical (unpaired) electrons. The molecule has 0 spiro atoms. The fraction of sp³-hybridized carbons (Fsp3) is 0.500. The minimum atomic E-state index is -3.67. The van der Waals surface area contributed by atoms with Crippen LogP contribution in [0.2, 0.25) is 0 Å². The molecule has 0 aliphatic carbocycles. The third-order valence-corrected chi connectivity index (χ3v) is 0.515. The molecule has 8 heavy (non-hydrogen) atoms. The van der Waals surface area contributed by atoms with E-state index >= 15 is 0 Å². The summed E-state index contributed by atoms with van der Waals surface area (Å²) in [6.07, 6.45) is -0.750. The first-order chi connectivity index (χ1) is 3.48. The molecule has 0 bridgehead atoms. The van der Waals surface area contributed by atoms with E-state index in [2.05, 4.69) is 0 Å². The van der Waals surface area contributed by atoms with E-state index in [1.54, 1.807) is 0 Å². The van der Waals surface area contributed by atoms with Crippen LogP contribution >= 0.6 is 0 Å². The fourth-order valence-corrected chi connectivity index (χ4v) is 0.0958. The molecule has 4 heteroatoms. The van der Waals surface area contributed by atoms with Crippen molar-refractivity contribution in [1.82, 2.24) is 0 Å². The lowest BCUT2D eigenvalue weighted by Gasteiger charge is -2.02. The Hall–Kier alpha value is -0.540. The predicted octanol–water partition coefficient (Wildman–Crippen LogP) is 2.42. The Labute approximate surface area is 43.8 Å². The smallest absolute Gasteiger partial charge is 0.212 e. The van der Waals surface area contributed by atoms with Crippen LogP contribution < -0.4 is 0 Å². The van der Waals surface area contributed by atoms with E-state index in [0.29, 0.717) is 0 Å². The summed E-state index contributed by atoms with van der Waals surface area (Å²) >= 11 is 0. The summed E-state index contributed by atoms with van der Waals surface area (Å²) in [7, 11) is 0. The molecule has 0 amide bonds. The number of allylic oxidation sites excluding steroid dienone is 1. The van der Waals surface area contributed by atoms with Gasteiger partial charge in [0, 0.05) is 6.92 Å². The van der Waals surface area contributed by atoms with Gasteiger partial charge in [-0.25, -0.2) is 8.78 Å². The molecule has 0 heterocycles. The molecule has 0 unspecified atom stereocenters. The molecule has 0 saturated carbocycles. The first kappa shape index (κ1) is 7.46. The van der Waals surface area contributed by atoms with E-state index in [4.69, 9.17) is 0 Å². The summed E-state index contributed by atoms with van der Waals surface area (Å²) in [4.78, 5) is 0. The Balaban J connectivity index is 4.03. The summed E-state index contributed by atoms with van der Waals surface area (Å²) in [5.41, 5.74) is 0. The first-order valence-electron chi connectivity index (χ1n) is 1.82. The van der Waals surface area contributed by atoms with Crippen LogP contribution in [-0.2, 0) is 0 Å². The van der Waals surface area contributed by atoms with Gasteiger partial charge in [0.2, 0.25) is 0 Å². The van der Waals surface area contributed by atoms with Gasteiger partial charge in [0.15, 0.2) is 5.83 Å². The summed E-state index contributed by atoms with van der Waals surface area (Å²) in [5, 5.41) is 0. The number of rotatable bonds is 1. The Bertz CT molecular complexity index is 99.1. The van der Waals surface area contributed by atoms with Crippen molar-refractivity contribution in [1.29, 1.82) is 0 Å². The van der Waals surface area contributed by atoms with Crippen LogP contribution in [0.4, 0.5) is 17.6 Å². The second kappa shape index (κ2) is 2.15. The third-order valence-electron chi connectivity index (χ3n) is 0.515. The van der Waals surface area contributed by atoms with E-state index in [1.807, 2.05) is 0 Å². The van der Waals surface area contributed by atoms with E-state index in [0.717, 1.165) is 0 Å². The van der Waals surface area contributed by atoms with Crippen molar-refractivity contribution < 1.29 is 17.6 Å². The third kappa shape index (κ3) is 1.95. The van der Waals surface area contributed by atoms with Gasteiger partial charge in [0.05, 0.1) is 0 Å². The standard InChI is InChI=1S/C4H4F4/c1-4(7,8)3(6)2-5/h2H,1H3. The fourth-order valence-electron chi connectivity index (χ4n) is 0.0958. The molecule has 0 aliphatic rings. The van der Waals surface area contributed by atoms with Gasteiger partial charge in [-0.3, -0.25) is 0 Å². The monoisotopic (exact) mass is 128 g/mol. The van der Waals surface area contributed by atoms with Crippen LogP contribution in [0.5, 0.6) is 0 Å². The Morgan fingerprint density at radius 3 is 1.88 bits per heavy atom. The Morgan fingerprint density at radius 1 is 1.50 bits per heavy atom. The molecule has 0 nitrogen and oxygen atoms in total. The van der Waals surface area contributed by atoms with Crippen molar-refractivity contribution in [3.8, 4) is 0 Å². The average Bonchev–Trinajstić information content (AvgIpc) is 1.62. The quantitative estimate of drug-likeness (QED) is 0.475. The lowest BCUT2D eigenvalue weighted by atomic mass is 10.4. The van der Waals surface area contributed by atoms with Crippen molar-refractivity contribution in [2.75, 3.05) is 0 Å². The molecule has 0 N–H and O–H groups in total. The van der Waals surface area contributed by atoms with Crippen LogP contribution in [0.3, 0.4) is 0 Å². The molecule has 0 fully saturated rings. The number of alkyl halides is 2. The van der Waals surface area contributed by atoms with Crippen LogP contribution in [0.25, 0.3) is 0 Å². The molecule has 48 valence electrons. The summed E-state index contributed by atoms with van der Waals surface area (Å²) in [5.74, 6) is -5.72. The zero-order valence-electron chi connectivity index (χ0n) is 4.09. The summed E-state index contributed by atoms with van der Waals surface area (Å²) in [6, 6.07) is 0. The molecule has 0 aromatic carbocycles. The van der Waals surface area contributed by atoms with Gasteiger partial charge in [0.25, 0.3) is 5.92 Å². The normalized spacial score (nSPS) is 14.4. The maximum absolute atomic E-state index is 11.4. The van der Waals surface area contributed by atoms with Crippen LogP contribution in [-0.4, -0.2) is 5.92 Å². The van der Waals surface area contributed by atoms with Crippen LogP contribution in [0.1, 0.15) is 6.92 Å². The summed E-state index contributed by atoms with van der Waals surface area (Å²) in [6.45, 7) is 0.276. The second-order valence-corrected chi connectivity index (χ2v) is 1.35. The molecular weight excluding hydrogens is 124 g/mol. The topological polar surface area (TPSA) is 0 Å². The second-order valence-electron chi connectivity index (χ2n) is 1.35. The Morgan fingerprint density at radius 2 is 1.88 bits per heavy atom. The zero-order valence-corrected chi connectivity index (χ0v) is 4.09. The average molecular weight is 128 g/mol. The zero-order chi connectivity index (χ0) is 6.78. The van der Waals surface area contributed by atoms with Crippen LogP contribution in [0, 0.1) is 0 Å². The molecule has 0 aromatic heterocycles. The number of halogens is 4. The van der Waals surface area contributed by atoms with Gasteiger partial charge >= 0.3 is 0 Å². The van der Waals surface area contributed by atoms with Crippen molar-refractivity contribution in [3.63, 3.8) is 0 Å². The molecule has 0 saturated heterocycles. The lowest BCUT2D eigenvalue weighted by Crippen LogP contribution is -2.09. The van der Waals surface area contributed by atoms with Gasteiger partial charge in [-0.2, -0.15) is 8.78 Å². The van der Waals surface area contributed by atoms with Crippen molar-refractivity contribution in [2.24, 2.45) is 0 Å². The lowest BCUT2D eigenvalue weighted by molar-refractivity contribution is 0.0367. The van der Waals surface area contributed by atoms with E-state index < -0.39 is 18.1 Å². The van der Waals surface area contributed by atoms with Crippen molar-refractivity contribution in [2.45, 2.75) is 12.8 Å². The maximum Gasteiger partial charge on any atom is 0.298 e. The highest BCUT2D eigenvalue weighted by Crippen LogP contribution is 2.23. The molecule has 0 aromatic rings. The Kier molecular flexibility index (Phi) is 2.01. The highest BCUT2D eigenvalue weighted by Gasteiger charge is 2.27. The maximum atomic E-state index is 11.4. The van der Waals surface area contributed by atoms with Gasteiger partial charge < -0.3 is 0 Å². The van der Waals surface area contributed by atoms with Gasteiger partial charge in [-0.15, -0.1) is 0 Å². The SMILES string of the molecule is CC(F)(F)C(F)=CF. The number of hydrogen-bond donors (Lipinski definition) is 0. The first-order valence-corrected chi connectivity index (χ1v) is 1.82. The predicted molar refractivity (Wildman–Crippen MR) is 20.9 cm³/mol. The highest BCUT2D eigenvalue weighted by atomic mass is 19.3. The molecule has 0 aliphatic heterocycles. The number of hydrogen-bond acceptors (Lipinski definition) is 0. The van der Waals surface area contributed by atoms with Gasteiger partial charge in [0.1, 0.15) is 6.33 Å². The minimum absolute atomic E-state index is 0.276. The largest absolute Gasteiger partial charge is 0.298 e. The minimum Gasteiger partial charge on any atom is -0.212 e. The van der Waals surface area contributed by atoms with E-state index in [9.17, 15) is 17.6 Å². The van der Waals surface area contributed by atoms with Gasteiger partial charge in [-0.05, 0) is 0 Å². The molecular formula is C4H4F4. The van der Waals surface area contributed by atoms with E-state index in [1.165, 1.54) is 0 Å². The van der Waals surface area contributed by atoms with Crippen molar-refractivity contribution in [3.05, 3.63) is 12.2 Å². The highest BCUT2D eigenvalue weighted by molar-refractivity contribution is 4.96. The van der Waals surface area contributed by atoms with Crippen molar-refractivity contribution >= 4 is 0 Å². The summed E-state index contributed by atoms with van der Waals surface area (Å²) < 4.78 is 45.1. The molecule has 0 rings (SSSR count). The van der Waals surface area contributed by atoms with Gasteiger partial charge in [-0.1, -0.05) is 0 Å². The van der Waals surface area contributed by atoms with E-state index in [-0.39, 0.29) is 6.92 Å². The van der Waals surface area contributed by atoms with Crippen LogP contribution in [0.15, 0.2) is 12.2 Å².